The summed E-state index contributed by atoms with van der Waals surface area (Å²) in [5.74, 6) is 0.810. The Labute approximate surface area is 148 Å². The van der Waals surface area contributed by atoms with Crippen LogP contribution in [0.4, 0.5) is 5.82 Å². The molecule has 2 N–H and O–H groups in total. The van der Waals surface area contributed by atoms with E-state index >= 15 is 0 Å². The molecule has 0 radical (unpaired) electrons. The first-order chi connectivity index (χ1) is 11.6. The Morgan fingerprint density at radius 1 is 1.38 bits per heavy atom. The number of nitrogens with zero attached hydrogens (tertiary/aromatic N) is 2. The predicted molar refractivity (Wildman–Crippen MR) is 94.1 cm³/mol. The van der Waals surface area contributed by atoms with Gasteiger partial charge in [-0.2, -0.15) is 5.26 Å². The number of carbonyl (C=O) groups excluding carboxylic acids is 1. The molecule has 24 heavy (non-hydrogen) atoms. The highest BCUT2D eigenvalue weighted by Crippen LogP contribution is 2.13. The van der Waals surface area contributed by atoms with Crippen molar-refractivity contribution >= 4 is 27.7 Å². The number of rotatable bonds is 6. The fourth-order valence-corrected chi connectivity index (χ4v) is 2.13. The number of nitriles is 1. The Morgan fingerprint density at radius 3 is 2.75 bits per heavy atom. The average molecular weight is 387 g/mol. The van der Waals surface area contributed by atoms with Crippen molar-refractivity contribution in [2.24, 2.45) is 0 Å². The van der Waals surface area contributed by atoms with Gasteiger partial charge in [0.05, 0.1) is 7.11 Å². The van der Waals surface area contributed by atoms with Gasteiger partial charge in [-0.1, -0.05) is 28.1 Å². The van der Waals surface area contributed by atoms with Crippen molar-refractivity contribution in [2.45, 2.75) is 6.54 Å². The van der Waals surface area contributed by atoms with Gasteiger partial charge in [0, 0.05) is 23.4 Å². The van der Waals surface area contributed by atoms with Gasteiger partial charge in [0.1, 0.15) is 23.2 Å². The van der Waals surface area contributed by atoms with E-state index in [1.165, 1.54) is 6.20 Å². The lowest BCUT2D eigenvalue weighted by molar-refractivity contribution is -0.117. The van der Waals surface area contributed by atoms with Crippen molar-refractivity contribution in [1.29, 1.82) is 5.26 Å². The van der Waals surface area contributed by atoms with Gasteiger partial charge < -0.3 is 15.4 Å². The lowest BCUT2D eigenvalue weighted by Gasteiger charge is -2.06. The van der Waals surface area contributed by atoms with Gasteiger partial charge in [-0.05, 0) is 29.8 Å². The number of hydrogen-bond donors (Lipinski definition) is 2. The third-order valence-electron chi connectivity index (χ3n) is 3.06. The minimum Gasteiger partial charge on any atom is -0.497 e. The second kappa shape index (κ2) is 8.70. The molecular weight excluding hydrogens is 372 g/mol. The lowest BCUT2D eigenvalue weighted by Crippen LogP contribution is -2.24. The number of amides is 1. The van der Waals surface area contributed by atoms with Crippen molar-refractivity contribution in [3.8, 4) is 11.8 Å². The quantitative estimate of drug-likeness (QED) is 0.588. The van der Waals surface area contributed by atoms with E-state index in [0.29, 0.717) is 12.4 Å². The Morgan fingerprint density at radius 2 is 2.12 bits per heavy atom. The van der Waals surface area contributed by atoms with Gasteiger partial charge in [-0.25, -0.2) is 4.98 Å². The fraction of sp³-hybridized carbons (Fsp3) is 0.118. The third-order valence-corrected chi connectivity index (χ3v) is 3.56. The number of pyridine rings is 1. The zero-order valence-electron chi connectivity index (χ0n) is 12.9. The fourth-order valence-electron chi connectivity index (χ4n) is 1.80. The van der Waals surface area contributed by atoms with E-state index in [1.54, 1.807) is 25.4 Å². The molecule has 1 aromatic heterocycles. The Kier molecular flexibility index (Phi) is 6.34. The molecule has 1 aromatic carbocycles. The molecule has 122 valence electrons. The summed E-state index contributed by atoms with van der Waals surface area (Å²) in [5, 5.41) is 14.7. The van der Waals surface area contributed by atoms with Crippen LogP contribution in [0.1, 0.15) is 5.56 Å². The molecule has 7 heteroatoms. The maximum atomic E-state index is 12.1. The molecule has 2 aromatic rings. The van der Waals surface area contributed by atoms with Gasteiger partial charge in [0.15, 0.2) is 0 Å². The van der Waals surface area contributed by atoms with Crippen molar-refractivity contribution in [1.82, 2.24) is 10.3 Å². The number of nitrogens with one attached hydrogen (secondary N) is 2. The highest BCUT2D eigenvalue weighted by molar-refractivity contribution is 9.10. The monoisotopic (exact) mass is 386 g/mol. The van der Waals surface area contributed by atoms with Crippen LogP contribution in [0, 0.1) is 11.3 Å². The number of anilines is 1. The highest BCUT2D eigenvalue weighted by Gasteiger charge is 2.08. The van der Waals surface area contributed by atoms with E-state index in [4.69, 9.17) is 10.00 Å². The van der Waals surface area contributed by atoms with Gasteiger partial charge >= 0.3 is 0 Å². The molecule has 0 unspecified atom stereocenters. The molecule has 0 atom stereocenters. The molecular formula is C17H15BrN4O2. The summed E-state index contributed by atoms with van der Waals surface area (Å²) in [7, 11) is 1.59. The lowest BCUT2D eigenvalue weighted by atomic mass is 10.2. The summed E-state index contributed by atoms with van der Waals surface area (Å²) in [6.45, 7) is 0.316. The summed E-state index contributed by atoms with van der Waals surface area (Å²) in [6, 6.07) is 12.7. The zero-order valence-corrected chi connectivity index (χ0v) is 14.5. The zero-order chi connectivity index (χ0) is 17.4. The molecule has 0 saturated heterocycles. The number of carbonyl (C=O) groups is 1. The van der Waals surface area contributed by atoms with Crippen LogP contribution in [-0.4, -0.2) is 18.0 Å². The number of halogens is 1. The number of methoxy groups -OCH3 is 1. The molecule has 1 heterocycles. The van der Waals surface area contributed by atoms with E-state index in [-0.39, 0.29) is 5.57 Å². The summed E-state index contributed by atoms with van der Waals surface area (Å²) < 4.78 is 5.92. The van der Waals surface area contributed by atoms with E-state index < -0.39 is 5.91 Å². The predicted octanol–water partition coefficient (Wildman–Crippen LogP) is 2.99. The van der Waals surface area contributed by atoms with E-state index in [9.17, 15) is 4.79 Å². The number of benzene rings is 1. The van der Waals surface area contributed by atoms with Gasteiger partial charge in [0.2, 0.25) is 0 Å². The first-order valence-electron chi connectivity index (χ1n) is 7.02. The molecule has 2 rings (SSSR count). The first kappa shape index (κ1) is 17.5. The average Bonchev–Trinajstić information content (AvgIpc) is 2.61. The largest absolute Gasteiger partial charge is 0.497 e. The van der Waals surface area contributed by atoms with Crippen LogP contribution in [0.5, 0.6) is 5.75 Å². The van der Waals surface area contributed by atoms with E-state index in [1.807, 2.05) is 30.3 Å². The number of aromatic nitrogens is 1. The molecule has 0 fully saturated rings. The van der Waals surface area contributed by atoms with Gasteiger partial charge in [-0.3, -0.25) is 4.79 Å². The SMILES string of the molecule is COc1ccc(CNC(=O)/C(C#N)=C\Nc2cc(Br)ccn2)cc1. The van der Waals surface area contributed by atoms with E-state index in [2.05, 4.69) is 31.5 Å². The summed E-state index contributed by atoms with van der Waals surface area (Å²) in [5.41, 5.74) is 0.869. The van der Waals surface area contributed by atoms with Crippen LogP contribution in [0.25, 0.3) is 0 Å². The molecule has 0 aliphatic rings. The van der Waals surface area contributed by atoms with E-state index in [0.717, 1.165) is 15.8 Å². The second-order valence-corrected chi connectivity index (χ2v) is 5.62. The Balaban J connectivity index is 1.95. The van der Waals surface area contributed by atoms with Crippen molar-refractivity contribution in [3.63, 3.8) is 0 Å². The second-order valence-electron chi connectivity index (χ2n) is 4.70. The minimum atomic E-state index is -0.462. The summed E-state index contributed by atoms with van der Waals surface area (Å²) >= 11 is 3.32. The maximum Gasteiger partial charge on any atom is 0.263 e. The third kappa shape index (κ3) is 5.11. The van der Waals surface area contributed by atoms with Crippen LogP contribution in [0.2, 0.25) is 0 Å². The van der Waals surface area contributed by atoms with Crippen molar-refractivity contribution in [2.75, 3.05) is 12.4 Å². The van der Waals surface area contributed by atoms with Crippen LogP contribution in [0.15, 0.2) is 58.8 Å². The van der Waals surface area contributed by atoms with Crippen molar-refractivity contribution < 1.29 is 9.53 Å². The standard InChI is InChI=1S/C17H15BrN4O2/c1-24-15-4-2-12(3-5-15)10-22-17(23)13(9-19)11-21-16-8-14(18)6-7-20-16/h2-8,11H,10H2,1H3,(H,20,21)(H,22,23)/b13-11-. The summed E-state index contributed by atoms with van der Waals surface area (Å²) in [6.07, 6.45) is 2.94. The van der Waals surface area contributed by atoms with Crippen LogP contribution >= 0.6 is 15.9 Å². The summed E-state index contributed by atoms with van der Waals surface area (Å²) in [4.78, 5) is 16.1. The first-order valence-corrected chi connectivity index (χ1v) is 7.81. The minimum absolute atomic E-state index is 0.0368. The molecule has 0 spiro atoms. The number of hydrogen-bond acceptors (Lipinski definition) is 5. The maximum absolute atomic E-state index is 12.1. The Bertz CT molecular complexity index is 782. The van der Waals surface area contributed by atoms with Crippen molar-refractivity contribution in [3.05, 3.63) is 64.4 Å². The molecule has 0 bridgehead atoms. The molecule has 0 saturated carbocycles. The smallest absolute Gasteiger partial charge is 0.263 e. The molecule has 1 amide bonds. The van der Waals surface area contributed by atoms with Crippen LogP contribution in [-0.2, 0) is 11.3 Å². The van der Waals surface area contributed by atoms with Gasteiger partial charge in [-0.15, -0.1) is 0 Å². The normalized spacial score (nSPS) is 10.6. The highest BCUT2D eigenvalue weighted by atomic mass is 79.9. The van der Waals surface area contributed by atoms with Gasteiger partial charge in [0.25, 0.3) is 5.91 Å². The van der Waals surface area contributed by atoms with Crippen LogP contribution in [0.3, 0.4) is 0 Å². The topological polar surface area (TPSA) is 87.0 Å². The molecule has 0 aliphatic carbocycles. The van der Waals surface area contributed by atoms with Crippen LogP contribution < -0.4 is 15.4 Å². The molecule has 0 aliphatic heterocycles. The molecule has 6 nitrogen and oxygen atoms in total. The Hall–Kier alpha value is -2.85. The number of ether oxygens (including phenoxy) is 1.